The van der Waals surface area contributed by atoms with Crippen molar-refractivity contribution >= 4 is 23.1 Å². The summed E-state index contributed by atoms with van der Waals surface area (Å²) in [6.45, 7) is 7.12. The molecule has 2 aliphatic heterocycles. The number of halogens is 1. The summed E-state index contributed by atoms with van der Waals surface area (Å²) in [4.78, 5) is 7.24. The number of aliphatic hydroxyl groups is 1. The minimum Gasteiger partial charge on any atom is -0.393 e. The van der Waals surface area contributed by atoms with Gasteiger partial charge in [0.1, 0.15) is 5.67 Å². The van der Waals surface area contributed by atoms with E-state index in [1.807, 2.05) is 12.1 Å². The Morgan fingerprint density at radius 3 is 2.50 bits per heavy atom. The number of anilines is 2. The van der Waals surface area contributed by atoms with Gasteiger partial charge in [0.05, 0.1) is 17.5 Å². The monoisotopic (exact) mass is 400 g/mol. The summed E-state index contributed by atoms with van der Waals surface area (Å²) in [5.41, 5.74) is 1.70. The maximum atomic E-state index is 14.6. The molecule has 3 nitrogen and oxygen atoms in total. The predicted molar refractivity (Wildman–Crippen MR) is 114 cm³/mol. The van der Waals surface area contributed by atoms with Crippen LogP contribution in [0.4, 0.5) is 15.8 Å². The van der Waals surface area contributed by atoms with E-state index in [4.69, 9.17) is 0 Å². The van der Waals surface area contributed by atoms with Gasteiger partial charge in [-0.1, -0.05) is 30.0 Å². The fraction of sp³-hybridized carbons (Fsp3) is 0.478. The van der Waals surface area contributed by atoms with Crippen LogP contribution in [-0.2, 0) is 5.67 Å². The van der Waals surface area contributed by atoms with E-state index in [0.717, 1.165) is 56.7 Å². The highest BCUT2D eigenvalue weighted by Gasteiger charge is 2.27. The number of piperidine rings is 1. The van der Waals surface area contributed by atoms with E-state index in [9.17, 15) is 9.50 Å². The Morgan fingerprint density at radius 2 is 1.75 bits per heavy atom. The smallest absolute Gasteiger partial charge is 0.130 e. The molecule has 2 aromatic carbocycles. The SMILES string of the molecule is CC(C)(F)c1ccc2c(c1)N(CCCN1CCC(O)CC1)c1ccccc1S2. The Morgan fingerprint density at radius 1 is 1.04 bits per heavy atom. The first-order valence-electron chi connectivity index (χ1n) is 10.2. The molecule has 4 rings (SSSR count). The molecule has 1 fully saturated rings. The van der Waals surface area contributed by atoms with Gasteiger partial charge in [0.2, 0.25) is 0 Å². The first-order chi connectivity index (χ1) is 13.4. The Bertz CT molecular complexity index is 828. The van der Waals surface area contributed by atoms with Crippen LogP contribution >= 0.6 is 11.8 Å². The van der Waals surface area contributed by atoms with E-state index in [1.54, 1.807) is 25.6 Å². The summed E-state index contributed by atoms with van der Waals surface area (Å²) < 4.78 is 14.6. The van der Waals surface area contributed by atoms with Gasteiger partial charge in [-0.2, -0.15) is 0 Å². The van der Waals surface area contributed by atoms with Gasteiger partial charge in [0.15, 0.2) is 0 Å². The van der Waals surface area contributed by atoms with Crippen LogP contribution in [0.15, 0.2) is 52.3 Å². The number of fused-ring (bicyclic) bond motifs is 2. The van der Waals surface area contributed by atoms with Crippen LogP contribution < -0.4 is 4.90 Å². The number of aliphatic hydroxyl groups excluding tert-OH is 1. The Balaban J connectivity index is 1.55. The maximum Gasteiger partial charge on any atom is 0.130 e. The fourth-order valence-electron chi connectivity index (χ4n) is 4.04. The van der Waals surface area contributed by atoms with Gasteiger partial charge < -0.3 is 14.9 Å². The van der Waals surface area contributed by atoms with Crippen LogP contribution in [0.5, 0.6) is 0 Å². The van der Waals surface area contributed by atoms with Crippen molar-refractivity contribution < 1.29 is 9.50 Å². The van der Waals surface area contributed by atoms with Crippen molar-refractivity contribution in [2.24, 2.45) is 0 Å². The number of hydrogen-bond acceptors (Lipinski definition) is 4. The highest BCUT2D eigenvalue weighted by atomic mass is 32.2. The Kier molecular flexibility index (Phi) is 5.68. The second kappa shape index (κ2) is 8.05. The number of nitrogens with zero attached hydrogens (tertiary/aromatic N) is 2. The van der Waals surface area contributed by atoms with Crippen LogP contribution in [0.3, 0.4) is 0 Å². The lowest BCUT2D eigenvalue weighted by molar-refractivity contribution is 0.0824. The molecule has 0 aromatic heterocycles. The van der Waals surface area contributed by atoms with Crippen LogP contribution in [0, 0.1) is 0 Å². The summed E-state index contributed by atoms with van der Waals surface area (Å²) in [7, 11) is 0. The molecule has 0 spiro atoms. The van der Waals surface area contributed by atoms with Crippen molar-refractivity contribution in [1.82, 2.24) is 4.90 Å². The molecule has 2 aliphatic rings. The van der Waals surface area contributed by atoms with E-state index in [1.165, 1.54) is 15.5 Å². The molecule has 28 heavy (non-hydrogen) atoms. The Labute approximate surface area is 171 Å². The predicted octanol–water partition coefficient (Wildman–Crippen LogP) is 5.34. The zero-order valence-corrected chi connectivity index (χ0v) is 17.5. The number of alkyl halides is 1. The molecule has 1 N–H and O–H groups in total. The molecule has 0 bridgehead atoms. The lowest BCUT2D eigenvalue weighted by Crippen LogP contribution is -2.37. The number of rotatable bonds is 5. The number of para-hydroxylation sites is 1. The van der Waals surface area contributed by atoms with E-state index < -0.39 is 5.67 Å². The normalized spacial score (nSPS) is 18.1. The summed E-state index contributed by atoms with van der Waals surface area (Å²) in [5, 5.41) is 9.70. The largest absolute Gasteiger partial charge is 0.393 e. The molecule has 150 valence electrons. The number of likely N-dealkylation sites (tertiary alicyclic amines) is 1. The standard InChI is InChI=1S/C23H29FN2OS/c1-23(2,24)17-8-9-22-20(16-17)26(19-6-3-4-7-21(19)28-22)13-5-12-25-14-10-18(27)11-15-25/h3-4,6-9,16,18,27H,5,10-15H2,1-2H3. The second-order valence-electron chi connectivity index (χ2n) is 8.30. The van der Waals surface area contributed by atoms with Gasteiger partial charge in [-0.25, -0.2) is 4.39 Å². The summed E-state index contributed by atoms with van der Waals surface area (Å²) in [6.07, 6.45) is 2.66. The van der Waals surface area contributed by atoms with Gasteiger partial charge in [-0.05, 0) is 69.5 Å². The van der Waals surface area contributed by atoms with Crippen LogP contribution in [0.2, 0.25) is 0 Å². The Hall–Kier alpha value is -1.56. The molecule has 2 heterocycles. The molecule has 0 saturated carbocycles. The van der Waals surface area contributed by atoms with Crippen molar-refractivity contribution in [2.45, 2.75) is 54.7 Å². The van der Waals surface area contributed by atoms with Crippen LogP contribution in [0.1, 0.15) is 38.7 Å². The van der Waals surface area contributed by atoms with Crippen molar-refractivity contribution in [3.8, 4) is 0 Å². The quantitative estimate of drug-likeness (QED) is 0.733. The lowest BCUT2D eigenvalue weighted by atomic mass is 9.99. The third-order valence-electron chi connectivity index (χ3n) is 5.73. The highest BCUT2D eigenvalue weighted by Crippen LogP contribution is 2.49. The zero-order chi connectivity index (χ0) is 19.7. The second-order valence-corrected chi connectivity index (χ2v) is 9.39. The molecular formula is C23H29FN2OS. The number of hydrogen-bond donors (Lipinski definition) is 1. The zero-order valence-electron chi connectivity index (χ0n) is 16.7. The maximum absolute atomic E-state index is 14.6. The molecular weight excluding hydrogens is 371 g/mol. The first-order valence-corrected chi connectivity index (χ1v) is 11.0. The van der Waals surface area contributed by atoms with Gasteiger partial charge >= 0.3 is 0 Å². The average molecular weight is 401 g/mol. The molecule has 0 radical (unpaired) electrons. The summed E-state index contributed by atoms with van der Waals surface area (Å²) in [6, 6.07) is 14.5. The molecule has 0 aliphatic carbocycles. The lowest BCUT2D eigenvalue weighted by Gasteiger charge is -2.35. The van der Waals surface area contributed by atoms with Gasteiger partial charge in [-0.15, -0.1) is 0 Å². The molecule has 2 aromatic rings. The molecule has 5 heteroatoms. The highest BCUT2D eigenvalue weighted by molar-refractivity contribution is 7.99. The third-order valence-corrected chi connectivity index (χ3v) is 6.86. The van der Waals surface area contributed by atoms with Crippen molar-refractivity contribution in [1.29, 1.82) is 0 Å². The summed E-state index contributed by atoms with van der Waals surface area (Å²) >= 11 is 1.77. The first kappa shape index (κ1) is 19.7. The van der Waals surface area contributed by atoms with E-state index in [-0.39, 0.29) is 6.10 Å². The molecule has 1 saturated heterocycles. The van der Waals surface area contributed by atoms with Gasteiger partial charge in [-0.3, -0.25) is 0 Å². The van der Waals surface area contributed by atoms with Crippen LogP contribution in [-0.4, -0.2) is 42.3 Å². The molecule has 0 amide bonds. The van der Waals surface area contributed by atoms with Crippen LogP contribution in [0.25, 0.3) is 0 Å². The van der Waals surface area contributed by atoms with E-state index in [0.29, 0.717) is 0 Å². The number of benzene rings is 2. The topological polar surface area (TPSA) is 26.7 Å². The van der Waals surface area contributed by atoms with E-state index >= 15 is 0 Å². The van der Waals surface area contributed by atoms with Gasteiger partial charge in [0.25, 0.3) is 0 Å². The van der Waals surface area contributed by atoms with Gasteiger partial charge in [0, 0.05) is 29.4 Å². The minimum atomic E-state index is -1.35. The van der Waals surface area contributed by atoms with Crippen molar-refractivity contribution in [3.05, 3.63) is 48.0 Å². The summed E-state index contributed by atoms with van der Waals surface area (Å²) in [5.74, 6) is 0. The van der Waals surface area contributed by atoms with Crippen molar-refractivity contribution in [3.63, 3.8) is 0 Å². The average Bonchev–Trinajstić information content (AvgIpc) is 2.68. The minimum absolute atomic E-state index is 0.128. The third kappa shape index (κ3) is 4.22. The molecule has 0 atom stereocenters. The van der Waals surface area contributed by atoms with E-state index in [2.05, 4.69) is 40.1 Å². The fourth-order valence-corrected chi connectivity index (χ4v) is 5.11. The molecule has 0 unspecified atom stereocenters. The van der Waals surface area contributed by atoms with Crippen molar-refractivity contribution in [2.75, 3.05) is 31.1 Å².